The molecule has 2 unspecified atom stereocenters. The average molecular weight is 278 g/mol. The van der Waals surface area contributed by atoms with E-state index in [1.54, 1.807) is 6.92 Å². The number of carbonyl (C=O) groups excluding carboxylic acids is 1. The molecule has 2 rings (SSSR count). The van der Waals surface area contributed by atoms with E-state index in [2.05, 4.69) is 4.90 Å². The molecule has 0 aromatic rings. The summed E-state index contributed by atoms with van der Waals surface area (Å²) in [7, 11) is 0. The Balaban J connectivity index is 0.00000162. The molecule has 18 heavy (non-hydrogen) atoms. The Labute approximate surface area is 115 Å². The van der Waals surface area contributed by atoms with E-state index < -0.39 is 0 Å². The van der Waals surface area contributed by atoms with Crippen LogP contribution in [-0.4, -0.2) is 67.2 Å². The summed E-state index contributed by atoms with van der Waals surface area (Å²) in [5.74, 6) is 0.0979. The fraction of sp³-hybridized carbons (Fsp3) is 0.917. The highest BCUT2D eigenvalue weighted by Crippen LogP contribution is 2.19. The van der Waals surface area contributed by atoms with Gasteiger partial charge in [0.1, 0.15) is 0 Å². The van der Waals surface area contributed by atoms with Crippen LogP contribution in [0.2, 0.25) is 0 Å². The van der Waals surface area contributed by atoms with Crippen molar-refractivity contribution in [2.45, 2.75) is 31.8 Å². The maximum atomic E-state index is 12.0. The molecule has 0 saturated carbocycles. The zero-order chi connectivity index (χ0) is 12.3. The number of nitrogens with two attached hydrogens (primary N) is 1. The molecule has 0 aliphatic carbocycles. The van der Waals surface area contributed by atoms with Crippen LogP contribution in [0.3, 0.4) is 0 Å². The highest BCUT2D eigenvalue weighted by molar-refractivity contribution is 5.85. The average Bonchev–Trinajstić information content (AvgIpc) is 2.77. The zero-order valence-corrected chi connectivity index (χ0v) is 11.8. The van der Waals surface area contributed by atoms with Gasteiger partial charge in [-0.05, 0) is 19.8 Å². The van der Waals surface area contributed by atoms with Gasteiger partial charge in [0.2, 0.25) is 5.91 Å². The van der Waals surface area contributed by atoms with Gasteiger partial charge in [-0.3, -0.25) is 9.69 Å². The summed E-state index contributed by atoms with van der Waals surface area (Å²) in [4.78, 5) is 16.3. The third kappa shape index (κ3) is 3.82. The molecule has 106 valence electrons. The van der Waals surface area contributed by atoms with E-state index in [4.69, 9.17) is 10.5 Å². The minimum atomic E-state index is -0.375. The van der Waals surface area contributed by atoms with Crippen molar-refractivity contribution in [3.8, 4) is 0 Å². The normalized spacial score (nSPS) is 26.8. The molecule has 2 N–H and O–H groups in total. The lowest BCUT2D eigenvalue weighted by molar-refractivity contribution is -0.133. The predicted molar refractivity (Wildman–Crippen MR) is 72.9 cm³/mol. The first kappa shape index (κ1) is 15.7. The van der Waals surface area contributed by atoms with Crippen molar-refractivity contribution in [3.05, 3.63) is 0 Å². The fourth-order valence-corrected chi connectivity index (χ4v) is 2.66. The number of amides is 1. The SMILES string of the molecule is CC(N)C(=O)N1CCCC1CN1CCOCC1.Cl. The standard InChI is InChI=1S/C12H23N3O2.ClH/c1-10(13)12(16)15-4-2-3-11(15)9-14-5-7-17-8-6-14;/h10-11H,2-9,13H2,1H3;1H. The summed E-state index contributed by atoms with van der Waals surface area (Å²) in [6, 6.07) is -0.0214. The van der Waals surface area contributed by atoms with Gasteiger partial charge in [0, 0.05) is 32.2 Å². The molecule has 2 fully saturated rings. The Morgan fingerprint density at radius 2 is 2.06 bits per heavy atom. The van der Waals surface area contributed by atoms with Crippen LogP contribution in [0.15, 0.2) is 0 Å². The number of nitrogens with zero attached hydrogens (tertiary/aromatic N) is 2. The zero-order valence-electron chi connectivity index (χ0n) is 11.0. The van der Waals surface area contributed by atoms with Crippen molar-refractivity contribution in [1.82, 2.24) is 9.80 Å². The highest BCUT2D eigenvalue weighted by Gasteiger charge is 2.31. The van der Waals surface area contributed by atoms with Crippen LogP contribution in [0, 0.1) is 0 Å². The molecule has 0 aromatic carbocycles. The van der Waals surface area contributed by atoms with Gasteiger partial charge in [-0.15, -0.1) is 12.4 Å². The number of rotatable bonds is 3. The van der Waals surface area contributed by atoms with Gasteiger partial charge in [-0.1, -0.05) is 0 Å². The minimum Gasteiger partial charge on any atom is -0.379 e. The Morgan fingerprint density at radius 3 is 2.67 bits per heavy atom. The van der Waals surface area contributed by atoms with Gasteiger partial charge in [0.05, 0.1) is 19.3 Å². The van der Waals surface area contributed by atoms with Crippen LogP contribution in [0.4, 0.5) is 0 Å². The van der Waals surface area contributed by atoms with E-state index in [9.17, 15) is 4.79 Å². The number of carbonyl (C=O) groups is 1. The predicted octanol–water partition coefficient (Wildman–Crippen LogP) is 0.0786. The Bertz CT molecular complexity index is 270. The summed E-state index contributed by atoms with van der Waals surface area (Å²) in [5.41, 5.74) is 5.69. The first-order valence-corrected chi connectivity index (χ1v) is 6.54. The highest BCUT2D eigenvalue weighted by atomic mass is 35.5. The number of likely N-dealkylation sites (tertiary alicyclic amines) is 1. The van der Waals surface area contributed by atoms with Crippen LogP contribution in [-0.2, 0) is 9.53 Å². The lowest BCUT2D eigenvalue weighted by Crippen LogP contribution is -2.50. The second kappa shape index (κ2) is 7.28. The number of halogens is 1. The van der Waals surface area contributed by atoms with Crippen LogP contribution in [0.5, 0.6) is 0 Å². The van der Waals surface area contributed by atoms with Crippen LogP contribution in [0.1, 0.15) is 19.8 Å². The maximum absolute atomic E-state index is 12.0. The molecule has 2 atom stereocenters. The van der Waals surface area contributed by atoms with Crippen LogP contribution < -0.4 is 5.73 Å². The van der Waals surface area contributed by atoms with Crippen molar-refractivity contribution < 1.29 is 9.53 Å². The van der Waals surface area contributed by atoms with E-state index in [1.807, 2.05) is 4.90 Å². The molecule has 6 heteroatoms. The molecular weight excluding hydrogens is 254 g/mol. The number of hydrogen-bond donors (Lipinski definition) is 1. The van der Waals surface area contributed by atoms with Crippen LogP contribution >= 0.6 is 12.4 Å². The topological polar surface area (TPSA) is 58.8 Å². The van der Waals surface area contributed by atoms with Gasteiger partial charge >= 0.3 is 0 Å². The van der Waals surface area contributed by atoms with E-state index >= 15 is 0 Å². The Morgan fingerprint density at radius 1 is 1.39 bits per heavy atom. The van der Waals surface area contributed by atoms with Crippen molar-refractivity contribution in [2.75, 3.05) is 39.4 Å². The molecule has 0 radical (unpaired) electrons. The van der Waals surface area contributed by atoms with Gasteiger partial charge in [0.15, 0.2) is 0 Å². The van der Waals surface area contributed by atoms with Gasteiger partial charge in [-0.2, -0.15) is 0 Å². The summed E-state index contributed by atoms with van der Waals surface area (Å²) in [6.07, 6.45) is 2.21. The fourth-order valence-electron chi connectivity index (χ4n) is 2.66. The number of ether oxygens (including phenoxy) is 1. The number of hydrogen-bond acceptors (Lipinski definition) is 4. The van der Waals surface area contributed by atoms with Crippen LogP contribution in [0.25, 0.3) is 0 Å². The smallest absolute Gasteiger partial charge is 0.239 e. The third-order valence-electron chi connectivity index (χ3n) is 3.62. The quantitative estimate of drug-likeness (QED) is 0.794. The Kier molecular flexibility index (Phi) is 6.35. The third-order valence-corrected chi connectivity index (χ3v) is 3.62. The molecule has 0 spiro atoms. The Hall–Kier alpha value is -0.360. The van der Waals surface area contributed by atoms with E-state index in [1.165, 1.54) is 0 Å². The summed E-state index contributed by atoms with van der Waals surface area (Å²) in [5, 5.41) is 0. The molecular formula is C12H24ClN3O2. The van der Waals surface area contributed by atoms with Crippen molar-refractivity contribution in [3.63, 3.8) is 0 Å². The molecule has 2 heterocycles. The molecule has 2 saturated heterocycles. The largest absolute Gasteiger partial charge is 0.379 e. The van der Waals surface area contributed by atoms with Gasteiger partial charge in [0.25, 0.3) is 0 Å². The molecule has 0 aromatic heterocycles. The summed E-state index contributed by atoms with van der Waals surface area (Å²) in [6.45, 7) is 7.21. The lowest BCUT2D eigenvalue weighted by Gasteiger charge is -2.33. The van der Waals surface area contributed by atoms with Crippen molar-refractivity contribution in [2.24, 2.45) is 5.73 Å². The first-order valence-electron chi connectivity index (χ1n) is 6.54. The molecule has 1 amide bonds. The molecule has 0 bridgehead atoms. The summed E-state index contributed by atoms with van der Waals surface area (Å²) >= 11 is 0. The van der Waals surface area contributed by atoms with E-state index in [0.717, 1.165) is 52.2 Å². The van der Waals surface area contributed by atoms with Gasteiger partial charge < -0.3 is 15.4 Å². The maximum Gasteiger partial charge on any atom is 0.239 e. The van der Waals surface area contributed by atoms with E-state index in [-0.39, 0.29) is 24.4 Å². The summed E-state index contributed by atoms with van der Waals surface area (Å²) < 4.78 is 5.33. The molecule has 5 nitrogen and oxygen atoms in total. The lowest BCUT2D eigenvalue weighted by atomic mass is 10.2. The monoisotopic (exact) mass is 277 g/mol. The molecule has 2 aliphatic heterocycles. The van der Waals surface area contributed by atoms with Crippen molar-refractivity contribution in [1.29, 1.82) is 0 Å². The second-order valence-electron chi connectivity index (χ2n) is 5.03. The van der Waals surface area contributed by atoms with Gasteiger partial charge in [-0.25, -0.2) is 0 Å². The first-order chi connectivity index (χ1) is 8.18. The second-order valence-corrected chi connectivity index (χ2v) is 5.03. The van der Waals surface area contributed by atoms with Crippen molar-refractivity contribution >= 4 is 18.3 Å². The molecule has 2 aliphatic rings. The minimum absolute atomic E-state index is 0. The van der Waals surface area contributed by atoms with E-state index in [0.29, 0.717) is 6.04 Å². The number of morpholine rings is 1.